The standard InChI is InChI=1S/C17H19ClN2O5S/c1-9-5-12(26(19,22)23)8-14(10(9)2)20-17(21)11-6-13(18)16(25-4)15(7-11)24-3/h5-8H,1-4H3,(H,20,21)(H2,19,22,23). The van der Waals surface area contributed by atoms with Gasteiger partial charge in [0, 0.05) is 11.3 Å². The average molecular weight is 399 g/mol. The fraction of sp³-hybridized carbons (Fsp3) is 0.235. The molecule has 2 rings (SSSR count). The molecule has 0 radical (unpaired) electrons. The monoisotopic (exact) mass is 398 g/mol. The number of hydrogen-bond acceptors (Lipinski definition) is 5. The van der Waals surface area contributed by atoms with Crippen LogP contribution in [0.2, 0.25) is 5.02 Å². The third kappa shape index (κ3) is 4.09. The second kappa shape index (κ2) is 7.53. The molecule has 2 aromatic carbocycles. The summed E-state index contributed by atoms with van der Waals surface area (Å²) in [7, 11) is -1.03. The van der Waals surface area contributed by atoms with E-state index in [0.717, 1.165) is 5.56 Å². The van der Waals surface area contributed by atoms with Gasteiger partial charge in [0.1, 0.15) is 0 Å². The summed E-state index contributed by atoms with van der Waals surface area (Å²) < 4.78 is 33.6. The van der Waals surface area contributed by atoms with Crippen molar-refractivity contribution in [2.75, 3.05) is 19.5 Å². The van der Waals surface area contributed by atoms with E-state index in [1.807, 2.05) is 0 Å². The maximum atomic E-state index is 12.6. The van der Waals surface area contributed by atoms with Crippen LogP contribution in [-0.2, 0) is 10.0 Å². The van der Waals surface area contributed by atoms with Crippen molar-refractivity contribution in [1.82, 2.24) is 0 Å². The number of carbonyl (C=O) groups is 1. The van der Waals surface area contributed by atoms with E-state index in [-0.39, 0.29) is 15.5 Å². The zero-order chi connectivity index (χ0) is 19.6. The lowest BCUT2D eigenvalue weighted by molar-refractivity contribution is 0.102. The van der Waals surface area contributed by atoms with Gasteiger partial charge in [-0.15, -0.1) is 0 Å². The van der Waals surface area contributed by atoms with Crippen molar-refractivity contribution in [2.24, 2.45) is 5.14 Å². The van der Waals surface area contributed by atoms with Crippen molar-refractivity contribution in [1.29, 1.82) is 0 Å². The van der Waals surface area contributed by atoms with Gasteiger partial charge in [0.2, 0.25) is 10.0 Å². The van der Waals surface area contributed by atoms with Crippen molar-refractivity contribution in [2.45, 2.75) is 18.7 Å². The SMILES string of the molecule is COc1cc(C(=O)Nc2cc(S(N)(=O)=O)cc(C)c2C)cc(Cl)c1OC. The van der Waals surface area contributed by atoms with E-state index in [0.29, 0.717) is 22.7 Å². The number of methoxy groups -OCH3 is 2. The number of rotatable bonds is 5. The number of carbonyl (C=O) groups excluding carboxylic acids is 1. The van der Waals surface area contributed by atoms with Crippen LogP contribution in [0.4, 0.5) is 5.69 Å². The zero-order valence-corrected chi connectivity index (χ0v) is 16.3. The number of halogens is 1. The lowest BCUT2D eigenvalue weighted by Crippen LogP contribution is -2.16. The molecule has 140 valence electrons. The summed E-state index contributed by atoms with van der Waals surface area (Å²) in [6.07, 6.45) is 0. The Morgan fingerprint density at radius 2 is 1.77 bits per heavy atom. The molecule has 0 aliphatic rings. The van der Waals surface area contributed by atoms with Crippen LogP contribution in [0.1, 0.15) is 21.5 Å². The van der Waals surface area contributed by atoms with Gasteiger partial charge in [-0.2, -0.15) is 0 Å². The highest BCUT2D eigenvalue weighted by Crippen LogP contribution is 2.36. The number of sulfonamides is 1. The number of ether oxygens (including phenoxy) is 2. The number of amides is 1. The number of nitrogens with two attached hydrogens (primary N) is 1. The summed E-state index contributed by atoms with van der Waals surface area (Å²) in [5, 5.41) is 8.08. The largest absolute Gasteiger partial charge is 0.493 e. The van der Waals surface area contributed by atoms with Crippen molar-refractivity contribution in [3.8, 4) is 11.5 Å². The molecule has 0 aliphatic heterocycles. The summed E-state index contributed by atoms with van der Waals surface area (Å²) >= 11 is 6.12. The zero-order valence-electron chi connectivity index (χ0n) is 14.7. The Kier molecular flexibility index (Phi) is 5.80. The highest BCUT2D eigenvalue weighted by atomic mass is 35.5. The first kappa shape index (κ1) is 20.0. The minimum atomic E-state index is -3.90. The Morgan fingerprint density at radius 1 is 1.12 bits per heavy atom. The van der Waals surface area contributed by atoms with Crippen LogP contribution in [-0.4, -0.2) is 28.5 Å². The average Bonchev–Trinajstić information content (AvgIpc) is 2.56. The van der Waals surface area contributed by atoms with Gasteiger partial charge < -0.3 is 14.8 Å². The molecule has 7 nitrogen and oxygen atoms in total. The quantitative estimate of drug-likeness (QED) is 0.805. The molecule has 0 fully saturated rings. The second-order valence-corrected chi connectivity index (χ2v) is 7.57. The van der Waals surface area contributed by atoms with Gasteiger partial charge in [0.25, 0.3) is 5.91 Å². The Hall–Kier alpha value is -2.29. The van der Waals surface area contributed by atoms with Crippen molar-refractivity contribution in [3.63, 3.8) is 0 Å². The highest BCUT2D eigenvalue weighted by Gasteiger charge is 2.18. The lowest BCUT2D eigenvalue weighted by atomic mass is 10.1. The second-order valence-electron chi connectivity index (χ2n) is 5.61. The Balaban J connectivity index is 2.45. The molecule has 26 heavy (non-hydrogen) atoms. The Bertz CT molecular complexity index is 974. The number of hydrogen-bond donors (Lipinski definition) is 2. The third-order valence-corrected chi connectivity index (χ3v) is 5.09. The number of primary sulfonamides is 1. The maximum absolute atomic E-state index is 12.6. The first-order valence-corrected chi connectivity index (χ1v) is 9.37. The Morgan fingerprint density at radius 3 is 2.31 bits per heavy atom. The molecule has 0 spiro atoms. The van der Waals surface area contributed by atoms with E-state index >= 15 is 0 Å². The number of anilines is 1. The van der Waals surface area contributed by atoms with Gasteiger partial charge in [-0.3, -0.25) is 4.79 Å². The molecule has 3 N–H and O–H groups in total. The summed E-state index contributed by atoms with van der Waals surface area (Å²) in [6, 6.07) is 5.68. The smallest absolute Gasteiger partial charge is 0.255 e. The van der Waals surface area contributed by atoms with E-state index in [1.165, 1.54) is 38.5 Å². The van der Waals surface area contributed by atoms with E-state index in [4.69, 9.17) is 26.2 Å². The molecule has 0 aromatic heterocycles. The van der Waals surface area contributed by atoms with Gasteiger partial charge in [-0.25, -0.2) is 13.6 Å². The highest BCUT2D eigenvalue weighted by molar-refractivity contribution is 7.89. The van der Waals surface area contributed by atoms with Gasteiger partial charge in [0.05, 0.1) is 24.1 Å². The van der Waals surface area contributed by atoms with Crippen LogP contribution in [0, 0.1) is 13.8 Å². The van der Waals surface area contributed by atoms with E-state index < -0.39 is 15.9 Å². The predicted octanol–water partition coefficient (Wildman–Crippen LogP) is 2.87. The van der Waals surface area contributed by atoms with Crippen LogP contribution in [0.3, 0.4) is 0 Å². The fourth-order valence-electron chi connectivity index (χ4n) is 2.36. The van der Waals surface area contributed by atoms with Gasteiger partial charge in [0.15, 0.2) is 11.5 Å². The van der Waals surface area contributed by atoms with Crippen LogP contribution < -0.4 is 19.9 Å². The minimum Gasteiger partial charge on any atom is -0.493 e. The van der Waals surface area contributed by atoms with Crippen molar-refractivity contribution < 1.29 is 22.7 Å². The van der Waals surface area contributed by atoms with Gasteiger partial charge >= 0.3 is 0 Å². The molecule has 0 saturated carbocycles. The molecule has 1 amide bonds. The summed E-state index contributed by atoms with van der Waals surface area (Å²) in [5.74, 6) is 0.132. The van der Waals surface area contributed by atoms with E-state index in [9.17, 15) is 13.2 Å². The molecule has 0 saturated heterocycles. The molecule has 0 unspecified atom stereocenters. The van der Waals surface area contributed by atoms with Crippen LogP contribution >= 0.6 is 11.6 Å². The number of aryl methyl sites for hydroxylation is 1. The molecular formula is C17H19ClN2O5S. The van der Waals surface area contributed by atoms with E-state index in [1.54, 1.807) is 13.8 Å². The van der Waals surface area contributed by atoms with Crippen LogP contribution in [0.5, 0.6) is 11.5 Å². The molecule has 0 bridgehead atoms. The predicted molar refractivity (Wildman–Crippen MR) is 99.8 cm³/mol. The lowest BCUT2D eigenvalue weighted by Gasteiger charge is -2.14. The number of nitrogens with one attached hydrogen (secondary N) is 1. The van der Waals surface area contributed by atoms with Gasteiger partial charge in [-0.05, 0) is 49.2 Å². The van der Waals surface area contributed by atoms with Crippen LogP contribution in [0.25, 0.3) is 0 Å². The van der Waals surface area contributed by atoms with Crippen molar-refractivity contribution in [3.05, 3.63) is 46.0 Å². The molecule has 9 heteroatoms. The van der Waals surface area contributed by atoms with Crippen molar-refractivity contribution >= 4 is 33.2 Å². The fourth-order valence-corrected chi connectivity index (χ4v) is 3.27. The number of benzene rings is 2. The first-order chi connectivity index (χ1) is 12.1. The van der Waals surface area contributed by atoms with E-state index in [2.05, 4.69) is 5.32 Å². The van der Waals surface area contributed by atoms with Crippen LogP contribution in [0.15, 0.2) is 29.2 Å². The summed E-state index contributed by atoms with van der Waals surface area (Å²) in [5.41, 5.74) is 1.96. The first-order valence-electron chi connectivity index (χ1n) is 7.45. The summed E-state index contributed by atoms with van der Waals surface area (Å²) in [6.45, 7) is 3.49. The maximum Gasteiger partial charge on any atom is 0.255 e. The molecule has 0 atom stereocenters. The molecule has 0 aliphatic carbocycles. The molecular weight excluding hydrogens is 380 g/mol. The topological polar surface area (TPSA) is 108 Å². The summed E-state index contributed by atoms with van der Waals surface area (Å²) in [4.78, 5) is 12.5. The Labute approximate surface area is 157 Å². The minimum absolute atomic E-state index is 0.0822. The van der Waals surface area contributed by atoms with Gasteiger partial charge in [-0.1, -0.05) is 11.6 Å². The third-order valence-electron chi connectivity index (χ3n) is 3.91. The molecule has 2 aromatic rings. The molecule has 0 heterocycles. The normalized spacial score (nSPS) is 11.2.